The predicted molar refractivity (Wildman–Crippen MR) is 260 cm³/mol. The minimum atomic E-state index is -0.788. The van der Waals surface area contributed by atoms with Crippen LogP contribution < -0.4 is 5.32 Å². The molecule has 0 aliphatic heterocycles. The smallest absolute Gasteiger partial charge is 0.306 e. The normalized spacial score (nSPS) is 13.2. The van der Waals surface area contributed by atoms with Gasteiger partial charge in [0.05, 0.1) is 25.2 Å². The Morgan fingerprint density at radius 3 is 1.22 bits per heavy atom. The van der Waals surface area contributed by atoms with Crippen molar-refractivity contribution in [1.29, 1.82) is 0 Å². The number of rotatable bonds is 49. The van der Waals surface area contributed by atoms with Crippen LogP contribution in [0.5, 0.6) is 0 Å². The van der Waals surface area contributed by atoms with Crippen LogP contribution in [0.2, 0.25) is 0 Å². The second-order valence-corrected chi connectivity index (χ2v) is 18.6. The molecular weight excluding hydrogens is 743 g/mol. The molecule has 3 unspecified atom stereocenters. The van der Waals surface area contributed by atoms with E-state index in [9.17, 15) is 19.8 Å². The first-order chi connectivity index (χ1) is 29.5. The van der Waals surface area contributed by atoms with E-state index in [0.29, 0.717) is 19.3 Å². The van der Waals surface area contributed by atoms with Gasteiger partial charge < -0.3 is 20.3 Å². The van der Waals surface area contributed by atoms with E-state index in [1.807, 2.05) is 0 Å². The fourth-order valence-corrected chi connectivity index (χ4v) is 8.49. The SMILES string of the molecule is CCCCCCCC/C=C\CCCC(CC(=O)NC(CO)C(O)CCCCCCCCCCCCCCC)OC(=O)CCCCCCCCCCCCCCCCCCC. The molecule has 356 valence electrons. The zero-order valence-corrected chi connectivity index (χ0v) is 40.6. The third-order valence-corrected chi connectivity index (χ3v) is 12.6. The lowest BCUT2D eigenvalue weighted by Crippen LogP contribution is -2.46. The summed E-state index contributed by atoms with van der Waals surface area (Å²) in [6, 6.07) is -0.703. The number of nitrogens with one attached hydrogen (secondary N) is 1. The zero-order chi connectivity index (χ0) is 43.8. The molecule has 0 aliphatic rings. The summed E-state index contributed by atoms with van der Waals surface area (Å²) >= 11 is 0. The van der Waals surface area contributed by atoms with Gasteiger partial charge in [-0.25, -0.2) is 0 Å². The number of ether oxygens (including phenoxy) is 1. The molecule has 0 rings (SSSR count). The van der Waals surface area contributed by atoms with Crippen LogP contribution >= 0.6 is 0 Å². The molecular formula is C54H105NO5. The molecule has 0 aromatic heterocycles. The van der Waals surface area contributed by atoms with Crippen molar-refractivity contribution >= 4 is 11.9 Å². The Morgan fingerprint density at radius 1 is 0.467 bits per heavy atom. The number of carbonyl (C=O) groups is 2. The Morgan fingerprint density at radius 2 is 0.817 bits per heavy atom. The van der Waals surface area contributed by atoms with E-state index in [4.69, 9.17) is 4.74 Å². The van der Waals surface area contributed by atoms with Crippen LogP contribution in [0, 0.1) is 0 Å². The van der Waals surface area contributed by atoms with Gasteiger partial charge >= 0.3 is 5.97 Å². The van der Waals surface area contributed by atoms with Crippen molar-refractivity contribution < 1.29 is 24.5 Å². The first-order valence-corrected chi connectivity index (χ1v) is 26.9. The quantitative estimate of drug-likeness (QED) is 0.0322. The Labute approximate surface area is 374 Å². The van der Waals surface area contributed by atoms with Crippen molar-refractivity contribution in [2.24, 2.45) is 0 Å². The third kappa shape index (κ3) is 43.3. The van der Waals surface area contributed by atoms with Gasteiger partial charge in [0.2, 0.25) is 5.91 Å². The fraction of sp³-hybridized carbons (Fsp3) is 0.926. The van der Waals surface area contributed by atoms with E-state index < -0.39 is 18.2 Å². The second kappa shape index (κ2) is 48.6. The van der Waals surface area contributed by atoms with E-state index >= 15 is 0 Å². The highest BCUT2D eigenvalue weighted by atomic mass is 16.5. The first kappa shape index (κ1) is 58.6. The molecule has 6 nitrogen and oxygen atoms in total. The summed E-state index contributed by atoms with van der Waals surface area (Å²) in [6.45, 7) is 6.49. The number of unbranched alkanes of at least 4 members (excludes halogenated alkanes) is 35. The molecule has 60 heavy (non-hydrogen) atoms. The summed E-state index contributed by atoms with van der Waals surface area (Å²) in [7, 11) is 0. The highest BCUT2D eigenvalue weighted by molar-refractivity contribution is 5.77. The average Bonchev–Trinajstić information content (AvgIpc) is 3.24. The minimum absolute atomic E-state index is 0.0637. The van der Waals surface area contributed by atoms with Crippen molar-refractivity contribution in [3.8, 4) is 0 Å². The van der Waals surface area contributed by atoms with Crippen LogP contribution in [-0.2, 0) is 14.3 Å². The molecule has 0 spiro atoms. The largest absolute Gasteiger partial charge is 0.462 e. The molecule has 0 aromatic rings. The van der Waals surface area contributed by atoms with Crippen molar-refractivity contribution in [2.45, 2.75) is 315 Å². The van der Waals surface area contributed by atoms with Crippen LogP contribution in [-0.4, -0.2) is 46.9 Å². The summed E-state index contributed by atoms with van der Waals surface area (Å²) in [5, 5.41) is 23.8. The van der Waals surface area contributed by atoms with Crippen LogP contribution in [0.15, 0.2) is 12.2 Å². The van der Waals surface area contributed by atoms with Gasteiger partial charge in [-0.1, -0.05) is 251 Å². The van der Waals surface area contributed by atoms with Crippen molar-refractivity contribution in [2.75, 3.05) is 6.61 Å². The standard InChI is InChI=1S/C54H105NO5/c1-4-7-10-13-16-19-22-24-25-26-27-29-32-35-38-41-44-47-54(59)60-50(45-42-39-36-33-30-21-18-15-12-9-6-3)48-53(58)55-51(49-56)52(57)46-43-40-37-34-31-28-23-20-17-14-11-8-5-2/h33,36,50-52,56-57H,4-32,34-35,37-49H2,1-3H3,(H,55,58)/b36-33-. The molecule has 0 radical (unpaired) electrons. The van der Waals surface area contributed by atoms with Crippen molar-refractivity contribution in [1.82, 2.24) is 5.32 Å². The number of esters is 1. The molecule has 3 atom stereocenters. The number of hydrogen-bond acceptors (Lipinski definition) is 5. The highest BCUT2D eigenvalue weighted by Gasteiger charge is 2.24. The maximum atomic E-state index is 13.2. The van der Waals surface area contributed by atoms with Crippen LogP contribution in [0.4, 0.5) is 0 Å². The lowest BCUT2D eigenvalue weighted by atomic mass is 10.0. The molecule has 0 fully saturated rings. The molecule has 0 saturated carbocycles. The molecule has 0 bridgehead atoms. The summed E-state index contributed by atoms with van der Waals surface area (Å²) in [5.74, 6) is -0.485. The number of aliphatic hydroxyl groups is 2. The Kier molecular flexibility index (Phi) is 47.5. The lowest BCUT2D eigenvalue weighted by Gasteiger charge is -2.24. The van der Waals surface area contributed by atoms with Gasteiger partial charge in [0, 0.05) is 6.42 Å². The average molecular weight is 848 g/mol. The van der Waals surface area contributed by atoms with Crippen molar-refractivity contribution in [3.63, 3.8) is 0 Å². The van der Waals surface area contributed by atoms with Gasteiger partial charge in [0.25, 0.3) is 0 Å². The monoisotopic (exact) mass is 848 g/mol. The van der Waals surface area contributed by atoms with Crippen LogP contribution in [0.3, 0.4) is 0 Å². The molecule has 0 heterocycles. The highest BCUT2D eigenvalue weighted by Crippen LogP contribution is 2.18. The van der Waals surface area contributed by atoms with Gasteiger partial charge in [-0.05, 0) is 44.9 Å². The maximum Gasteiger partial charge on any atom is 0.306 e. The van der Waals surface area contributed by atoms with Crippen LogP contribution in [0.25, 0.3) is 0 Å². The van der Waals surface area contributed by atoms with E-state index in [0.717, 1.165) is 51.4 Å². The van der Waals surface area contributed by atoms with Gasteiger partial charge in [0.1, 0.15) is 6.10 Å². The summed E-state index contributed by atoms with van der Waals surface area (Å²) < 4.78 is 5.92. The first-order valence-electron chi connectivity index (χ1n) is 26.9. The molecule has 3 N–H and O–H groups in total. The molecule has 1 amide bonds. The third-order valence-electron chi connectivity index (χ3n) is 12.6. The number of hydrogen-bond donors (Lipinski definition) is 3. The molecule has 0 aromatic carbocycles. The lowest BCUT2D eigenvalue weighted by molar-refractivity contribution is -0.151. The number of allylic oxidation sites excluding steroid dienone is 2. The molecule has 6 heteroatoms. The summed E-state index contributed by atoms with van der Waals surface area (Å²) in [4.78, 5) is 26.1. The van der Waals surface area contributed by atoms with E-state index in [1.54, 1.807) is 0 Å². The van der Waals surface area contributed by atoms with Gasteiger partial charge in [0.15, 0.2) is 0 Å². The fourth-order valence-electron chi connectivity index (χ4n) is 8.49. The molecule has 0 aliphatic carbocycles. The topological polar surface area (TPSA) is 95.9 Å². The van der Waals surface area contributed by atoms with Crippen molar-refractivity contribution in [3.05, 3.63) is 12.2 Å². The number of amides is 1. The maximum absolute atomic E-state index is 13.2. The predicted octanol–water partition coefficient (Wildman–Crippen LogP) is 16.1. The van der Waals surface area contributed by atoms with Gasteiger partial charge in [-0.3, -0.25) is 9.59 Å². The number of aliphatic hydroxyl groups excluding tert-OH is 2. The van der Waals surface area contributed by atoms with E-state index in [-0.39, 0.29) is 24.9 Å². The molecule has 0 saturated heterocycles. The van der Waals surface area contributed by atoms with E-state index in [2.05, 4.69) is 38.2 Å². The van der Waals surface area contributed by atoms with Crippen LogP contribution in [0.1, 0.15) is 297 Å². The Bertz CT molecular complexity index is 909. The second-order valence-electron chi connectivity index (χ2n) is 18.6. The Balaban J connectivity index is 4.47. The Hall–Kier alpha value is -1.40. The zero-order valence-electron chi connectivity index (χ0n) is 40.6. The summed E-state index contributed by atoms with van der Waals surface area (Å²) in [5.41, 5.74) is 0. The number of carbonyl (C=O) groups excluding carboxylic acids is 2. The minimum Gasteiger partial charge on any atom is -0.462 e. The van der Waals surface area contributed by atoms with Gasteiger partial charge in [-0.2, -0.15) is 0 Å². The van der Waals surface area contributed by atoms with E-state index in [1.165, 1.54) is 199 Å². The summed E-state index contributed by atoms with van der Waals surface area (Å²) in [6.07, 6.45) is 54.2. The van der Waals surface area contributed by atoms with Gasteiger partial charge in [-0.15, -0.1) is 0 Å².